The van der Waals surface area contributed by atoms with Crippen LogP contribution in [-0.4, -0.2) is 23.9 Å². The van der Waals surface area contributed by atoms with Gasteiger partial charge in [-0.1, -0.05) is 13.8 Å². The predicted octanol–water partition coefficient (Wildman–Crippen LogP) is 2.63. The second-order valence-electron chi connectivity index (χ2n) is 4.51. The molecule has 18 heavy (non-hydrogen) atoms. The third-order valence-electron chi connectivity index (χ3n) is 3.18. The van der Waals surface area contributed by atoms with Crippen molar-refractivity contribution >= 4 is 11.4 Å². The summed E-state index contributed by atoms with van der Waals surface area (Å²) in [6.45, 7) is 7.02. The second kappa shape index (κ2) is 6.50. The van der Waals surface area contributed by atoms with E-state index < -0.39 is 5.60 Å². The van der Waals surface area contributed by atoms with E-state index in [4.69, 9.17) is 10.5 Å². The molecule has 0 aliphatic carbocycles. The molecule has 0 unspecified atom stereocenters. The molecule has 0 bridgehead atoms. The molecular weight excluding hydrogens is 228 g/mol. The minimum absolute atomic E-state index is 0.509. The first-order valence-electron chi connectivity index (χ1n) is 6.52. The Morgan fingerprint density at radius 1 is 1.22 bits per heavy atom. The van der Waals surface area contributed by atoms with Crippen LogP contribution in [-0.2, 0) is 0 Å². The van der Waals surface area contributed by atoms with Crippen LogP contribution < -0.4 is 15.8 Å². The van der Waals surface area contributed by atoms with Crippen molar-refractivity contribution in [2.75, 3.05) is 24.2 Å². The first kappa shape index (κ1) is 14.6. The van der Waals surface area contributed by atoms with Crippen LogP contribution in [0.1, 0.15) is 33.6 Å². The van der Waals surface area contributed by atoms with Gasteiger partial charge in [-0.3, -0.25) is 0 Å². The van der Waals surface area contributed by atoms with Gasteiger partial charge in [-0.2, -0.15) is 0 Å². The number of anilines is 2. The predicted molar refractivity (Wildman–Crippen MR) is 76.0 cm³/mol. The third kappa shape index (κ3) is 4.11. The monoisotopic (exact) mass is 252 g/mol. The number of hydrogen-bond donors (Lipinski definition) is 3. The average molecular weight is 252 g/mol. The molecule has 1 rings (SSSR count). The van der Waals surface area contributed by atoms with E-state index in [1.807, 2.05) is 32.9 Å². The van der Waals surface area contributed by atoms with Crippen molar-refractivity contribution < 1.29 is 9.84 Å². The molecular formula is C14H24N2O2. The van der Waals surface area contributed by atoms with Gasteiger partial charge in [0.05, 0.1) is 12.2 Å². The molecule has 0 saturated heterocycles. The van der Waals surface area contributed by atoms with E-state index in [1.165, 1.54) is 0 Å². The number of rotatable bonds is 7. The fraction of sp³-hybridized carbons (Fsp3) is 0.571. The molecule has 4 nitrogen and oxygen atoms in total. The minimum Gasteiger partial charge on any atom is -0.494 e. The highest BCUT2D eigenvalue weighted by Gasteiger charge is 2.21. The van der Waals surface area contributed by atoms with Gasteiger partial charge >= 0.3 is 0 Å². The molecule has 102 valence electrons. The number of hydrogen-bond acceptors (Lipinski definition) is 4. The van der Waals surface area contributed by atoms with Gasteiger partial charge in [-0.25, -0.2) is 0 Å². The summed E-state index contributed by atoms with van der Waals surface area (Å²) in [7, 11) is 0. The molecule has 0 fully saturated rings. The Bertz CT molecular complexity index is 376. The Morgan fingerprint density at radius 2 is 1.89 bits per heavy atom. The fourth-order valence-electron chi connectivity index (χ4n) is 1.74. The maximum Gasteiger partial charge on any atom is 0.123 e. The van der Waals surface area contributed by atoms with Crippen molar-refractivity contribution in [3.05, 3.63) is 18.2 Å². The van der Waals surface area contributed by atoms with Gasteiger partial charge in [0.25, 0.3) is 0 Å². The summed E-state index contributed by atoms with van der Waals surface area (Å²) in [5.74, 6) is 0.747. The second-order valence-corrected chi connectivity index (χ2v) is 4.51. The van der Waals surface area contributed by atoms with Crippen LogP contribution in [0.5, 0.6) is 5.75 Å². The van der Waals surface area contributed by atoms with E-state index >= 15 is 0 Å². The lowest BCUT2D eigenvalue weighted by atomic mass is 9.97. The molecule has 0 heterocycles. The summed E-state index contributed by atoms with van der Waals surface area (Å²) in [6.07, 6.45) is 1.44. The van der Waals surface area contributed by atoms with Crippen molar-refractivity contribution in [1.29, 1.82) is 0 Å². The first-order chi connectivity index (χ1) is 8.53. The molecule has 0 saturated carbocycles. The molecule has 0 aliphatic rings. The van der Waals surface area contributed by atoms with Gasteiger partial charge in [0, 0.05) is 30.1 Å². The maximum atomic E-state index is 10.2. The smallest absolute Gasteiger partial charge is 0.123 e. The first-order valence-corrected chi connectivity index (χ1v) is 6.52. The molecule has 0 amide bonds. The molecule has 4 heteroatoms. The highest BCUT2D eigenvalue weighted by Crippen LogP contribution is 2.24. The summed E-state index contributed by atoms with van der Waals surface area (Å²) in [6, 6.07) is 5.53. The Morgan fingerprint density at radius 3 is 2.44 bits per heavy atom. The molecule has 0 spiro atoms. The van der Waals surface area contributed by atoms with Crippen LogP contribution in [0.4, 0.5) is 11.4 Å². The Balaban J connectivity index is 2.72. The summed E-state index contributed by atoms with van der Waals surface area (Å²) in [5.41, 5.74) is 6.67. The van der Waals surface area contributed by atoms with Crippen molar-refractivity contribution in [3.8, 4) is 5.75 Å². The summed E-state index contributed by atoms with van der Waals surface area (Å²) in [5, 5.41) is 13.4. The zero-order valence-electron chi connectivity index (χ0n) is 11.5. The number of nitrogens with one attached hydrogen (secondary N) is 1. The average Bonchev–Trinajstić information content (AvgIpc) is 2.36. The molecule has 0 aromatic heterocycles. The Hall–Kier alpha value is -1.42. The molecule has 0 atom stereocenters. The minimum atomic E-state index is -0.670. The molecule has 0 aliphatic heterocycles. The van der Waals surface area contributed by atoms with Crippen LogP contribution in [0, 0.1) is 0 Å². The molecule has 4 N–H and O–H groups in total. The maximum absolute atomic E-state index is 10.2. The zero-order chi connectivity index (χ0) is 13.6. The van der Waals surface area contributed by atoms with Gasteiger partial charge in [0.2, 0.25) is 0 Å². The number of ether oxygens (including phenoxy) is 1. The lowest BCUT2D eigenvalue weighted by molar-refractivity contribution is 0.0457. The molecule has 0 radical (unpaired) electrons. The van der Waals surface area contributed by atoms with Crippen molar-refractivity contribution in [2.45, 2.75) is 39.2 Å². The van der Waals surface area contributed by atoms with Gasteiger partial charge < -0.3 is 20.9 Å². The standard InChI is InChI=1S/C14H24N2O2/c1-4-14(17,5-2)10-16-12-7-11(15)8-13(9-12)18-6-3/h7-9,16-17H,4-6,10,15H2,1-3H3. The Labute approximate surface area is 109 Å². The van der Waals surface area contributed by atoms with Gasteiger partial charge in [-0.05, 0) is 25.8 Å². The number of nitrogens with two attached hydrogens (primary N) is 1. The lowest BCUT2D eigenvalue weighted by Crippen LogP contribution is -2.35. The summed E-state index contributed by atoms with van der Waals surface area (Å²) in [4.78, 5) is 0. The number of aliphatic hydroxyl groups is 1. The third-order valence-corrected chi connectivity index (χ3v) is 3.18. The highest BCUT2D eigenvalue weighted by atomic mass is 16.5. The van der Waals surface area contributed by atoms with Crippen LogP contribution >= 0.6 is 0 Å². The van der Waals surface area contributed by atoms with Gasteiger partial charge in [0.1, 0.15) is 5.75 Å². The van der Waals surface area contributed by atoms with E-state index in [1.54, 1.807) is 6.07 Å². The van der Waals surface area contributed by atoms with E-state index in [9.17, 15) is 5.11 Å². The highest BCUT2D eigenvalue weighted by molar-refractivity contribution is 5.59. The van der Waals surface area contributed by atoms with Crippen LogP contribution in [0.3, 0.4) is 0 Å². The largest absolute Gasteiger partial charge is 0.494 e. The van der Waals surface area contributed by atoms with E-state index in [0.717, 1.165) is 24.3 Å². The SMILES string of the molecule is CCOc1cc(N)cc(NCC(O)(CC)CC)c1. The molecule has 1 aromatic carbocycles. The number of benzene rings is 1. The van der Waals surface area contributed by atoms with Crippen LogP contribution in [0.25, 0.3) is 0 Å². The zero-order valence-corrected chi connectivity index (χ0v) is 11.5. The van der Waals surface area contributed by atoms with E-state index in [0.29, 0.717) is 18.8 Å². The Kier molecular flexibility index (Phi) is 5.28. The van der Waals surface area contributed by atoms with Gasteiger partial charge in [-0.15, -0.1) is 0 Å². The topological polar surface area (TPSA) is 67.5 Å². The lowest BCUT2D eigenvalue weighted by Gasteiger charge is -2.26. The normalized spacial score (nSPS) is 11.3. The van der Waals surface area contributed by atoms with Gasteiger partial charge in [0.15, 0.2) is 0 Å². The van der Waals surface area contributed by atoms with Crippen molar-refractivity contribution in [3.63, 3.8) is 0 Å². The van der Waals surface area contributed by atoms with E-state index in [2.05, 4.69) is 5.32 Å². The quantitative estimate of drug-likeness (QED) is 0.653. The fourth-order valence-corrected chi connectivity index (χ4v) is 1.74. The molecule has 1 aromatic rings. The van der Waals surface area contributed by atoms with E-state index in [-0.39, 0.29) is 0 Å². The summed E-state index contributed by atoms with van der Waals surface area (Å²) < 4.78 is 5.43. The van der Waals surface area contributed by atoms with Crippen molar-refractivity contribution in [1.82, 2.24) is 0 Å². The van der Waals surface area contributed by atoms with Crippen LogP contribution in [0.15, 0.2) is 18.2 Å². The van der Waals surface area contributed by atoms with Crippen LogP contribution in [0.2, 0.25) is 0 Å². The summed E-state index contributed by atoms with van der Waals surface area (Å²) >= 11 is 0. The van der Waals surface area contributed by atoms with Crippen molar-refractivity contribution in [2.24, 2.45) is 0 Å². The number of nitrogen functional groups attached to an aromatic ring is 1.